The Labute approximate surface area is 387 Å². The number of rotatable bonds is 6. The summed E-state index contributed by atoms with van der Waals surface area (Å²) in [6, 6.07) is 81.8. The second-order valence-electron chi connectivity index (χ2n) is 18.5. The Morgan fingerprint density at radius 1 is 0.373 bits per heavy atom. The normalized spacial score (nSPS) is 13.0. The Bertz CT molecular complexity index is 4080. The molecule has 0 bridgehead atoms. The van der Waals surface area contributed by atoms with E-state index in [0.717, 1.165) is 50.3 Å². The van der Waals surface area contributed by atoms with Crippen LogP contribution in [-0.4, -0.2) is 9.13 Å². The van der Waals surface area contributed by atoms with Gasteiger partial charge in [0.05, 0.1) is 27.8 Å². The van der Waals surface area contributed by atoms with Crippen LogP contribution in [0.4, 0.5) is 17.1 Å². The molecule has 10 aromatic carbocycles. The van der Waals surface area contributed by atoms with Gasteiger partial charge < -0.3 is 18.5 Å². The third kappa shape index (κ3) is 5.54. The summed E-state index contributed by atoms with van der Waals surface area (Å²) in [4.78, 5) is 2.38. The van der Waals surface area contributed by atoms with Gasteiger partial charge in [0.2, 0.25) is 0 Å². The lowest BCUT2D eigenvalue weighted by molar-refractivity contribution is 0.660. The molecule has 0 radical (unpaired) electrons. The zero-order valence-corrected chi connectivity index (χ0v) is 37.1. The van der Waals surface area contributed by atoms with Crippen LogP contribution < -0.4 is 4.90 Å². The summed E-state index contributed by atoms with van der Waals surface area (Å²) in [5, 5.41) is 7.25. The van der Waals surface area contributed by atoms with Gasteiger partial charge in [0.1, 0.15) is 5.58 Å². The maximum atomic E-state index is 6.76. The molecule has 0 fully saturated rings. The largest absolute Gasteiger partial charge is 0.454 e. The van der Waals surface area contributed by atoms with Gasteiger partial charge in [-0.15, -0.1) is 0 Å². The Hall–Kier alpha value is -8.60. The first kappa shape index (κ1) is 37.7. The van der Waals surface area contributed by atoms with Gasteiger partial charge in [-0.3, -0.25) is 0 Å². The summed E-state index contributed by atoms with van der Waals surface area (Å²) in [6.45, 7) is 4.76. The minimum atomic E-state index is -0.267. The van der Waals surface area contributed by atoms with Gasteiger partial charge in [0.25, 0.3) is 0 Å². The van der Waals surface area contributed by atoms with E-state index in [9.17, 15) is 0 Å². The van der Waals surface area contributed by atoms with Gasteiger partial charge in [0.15, 0.2) is 5.58 Å². The number of nitrogens with zero attached hydrogens (tertiary/aromatic N) is 3. The molecule has 0 atom stereocenters. The van der Waals surface area contributed by atoms with Gasteiger partial charge in [-0.2, -0.15) is 0 Å². The van der Waals surface area contributed by atoms with Crippen molar-refractivity contribution in [2.75, 3.05) is 4.90 Å². The van der Waals surface area contributed by atoms with E-state index in [0.29, 0.717) is 0 Å². The molecule has 1 aliphatic rings. The van der Waals surface area contributed by atoms with E-state index in [1.807, 2.05) is 6.07 Å². The molecular formula is C63H43N3O. The van der Waals surface area contributed by atoms with Crippen LogP contribution in [0.15, 0.2) is 229 Å². The quantitative estimate of drug-likeness (QED) is 0.167. The lowest BCUT2D eigenvalue weighted by Gasteiger charge is -2.28. The van der Waals surface area contributed by atoms with Crippen molar-refractivity contribution in [3.8, 4) is 33.6 Å². The summed E-state index contributed by atoms with van der Waals surface area (Å²) in [6.07, 6.45) is 0. The monoisotopic (exact) mass is 857 g/mol. The second-order valence-corrected chi connectivity index (χ2v) is 18.5. The molecule has 0 unspecified atom stereocenters. The lowest BCUT2D eigenvalue weighted by atomic mass is 9.82. The van der Waals surface area contributed by atoms with Gasteiger partial charge in [0, 0.05) is 60.5 Å². The molecule has 67 heavy (non-hydrogen) atoms. The minimum Gasteiger partial charge on any atom is -0.454 e. The van der Waals surface area contributed by atoms with E-state index < -0.39 is 0 Å². The van der Waals surface area contributed by atoms with Crippen LogP contribution in [0, 0.1) is 0 Å². The van der Waals surface area contributed by atoms with Crippen LogP contribution in [0.1, 0.15) is 25.0 Å². The summed E-state index contributed by atoms with van der Waals surface area (Å²) >= 11 is 0. The lowest BCUT2D eigenvalue weighted by Crippen LogP contribution is -2.17. The summed E-state index contributed by atoms with van der Waals surface area (Å²) in [5.74, 6) is 0. The molecular weight excluding hydrogens is 815 g/mol. The number of aromatic nitrogens is 2. The van der Waals surface area contributed by atoms with E-state index in [-0.39, 0.29) is 5.41 Å². The van der Waals surface area contributed by atoms with Crippen LogP contribution in [0.2, 0.25) is 0 Å². The number of furan rings is 1. The van der Waals surface area contributed by atoms with Crippen molar-refractivity contribution in [3.05, 3.63) is 236 Å². The first-order chi connectivity index (χ1) is 33.0. The second kappa shape index (κ2) is 14.2. The molecule has 0 spiro atoms. The number of anilines is 3. The van der Waals surface area contributed by atoms with E-state index in [1.54, 1.807) is 0 Å². The van der Waals surface area contributed by atoms with Gasteiger partial charge in [-0.1, -0.05) is 153 Å². The Balaban J connectivity index is 0.905. The molecule has 4 nitrogen and oxygen atoms in total. The van der Waals surface area contributed by atoms with Gasteiger partial charge >= 0.3 is 0 Å². The Morgan fingerprint density at radius 2 is 0.910 bits per heavy atom. The molecule has 0 N–H and O–H groups in total. The topological polar surface area (TPSA) is 26.2 Å². The van der Waals surface area contributed by atoms with E-state index in [1.165, 1.54) is 77.1 Å². The van der Waals surface area contributed by atoms with Crippen molar-refractivity contribution in [1.82, 2.24) is 9.13 Å². The highest BCUT2D eigenvalue weighted by atomic mass is 16.3. The summed E-state index contributed by atoms with van der Waals surface area (Å²) < 4.78 is 11.6. The molecule has 0 aliphatic heterocycles. The standard InChI is InChI=1S/C63H43N3O/c1-63(2)54-38-44(32-35-46(54)47-36-33-45(39-55(47)63)66-57-23-11-6-17-48(57)49-18-7-12-24-58(49)66)64(59-25-14-21-53-52-20-9-13-26-61(52)67-62(53)59)43-30-27-40(28-31-43)41-29-34-51-50-19-8-10-22-56(50)65(60(51)37-41)42-15-4-3-5-16-42/h3-39H,1-2H3. The molecule has 0 saturated carbocycles. The maximum Gasteiger partial charge on any atom is 0.159 e. The van der Waals surface area contributed by atoms with Crippen molar-refractivity contribution in [1.29, 1.82) is 0 Å². The molecule has 13 aromatic rings. The number of hydrogen-bond acceptors (Lipinski definition) is 2. The zero-order valence-electron chi connectivity index (χ0n) is 37.1. The average molecular weight is 858 g/mol. The number of benzene rings is 10. The number of para-hydroxylation sites is 6. The van der Waals surface area contributed by atoms with Gasteiger partial charge in [-0.05, 0) is 118 Å². The number of fused-ring (bicyclic) bond motifs is 12. The highest BCUT2D eigenvalue weighted by molar-refractivity contribution is 6.12. The highest BCUT2D eigenvalue weighted by Gasteiger charge is 2.37. The predicted molar refractivity (Wildman–Crippen MR) is 280 cm³/mol. The van der Waals surface area contributed by atoms with E-state index in [2.05, 4.69) is 246 Å². The SMILES string of the molecule is CC1(C)c2cc(N(c3ccc(-c4ccc5c6ccccc6n(-c6ccccc6)c5c4)cc3)c3cccc4c3oc3ccccc34)ccc2-c2ccc(-n3c4ccccc4c4ccccc43)cc21. The van der Waals surface area contributed by atoms with Crippen LogP contribution in [0.25, 0.3) is 99.2 Å². The Morgan fingerprint density at radius 3 is 1.61 bits per heavy atom. The fourth-order valence-electron chi connectivity index (χ4n) is 11.3. The molecule has 0 saturated heterocycles. The average Bonchev–Trinajstić information content (AvgIpc) is 4.10. The third-order valence-corrected chi connectivity index (χ3v) is 14.5. The summed E-state index contributed by atoms with van der Waals surface area (Å²) in [7, 11) is 0. The third-order valence-electron chi connectivity index (χ3n) is 14.5. The fraction of sp³-hybridized carbons (Fsp3) is 0.0476. The Kier molecular flexibility index (Phi) is 8.00. The van der Waals surface area contributed by atoms with E-state index in [4.69, 9.17) is 4.42 Å². The molecule has 3 heterocycles. The fourth-order valence-corrected chi connectivity index (χ4v) is 11.3. The van der Waals surface area contributed by atoms with Crippen molar-refractivity contribution in [2.45, 2.75) is 19.3 Å². The molecule has 0 amide bonds. The van der Waals surface area contributed by atoms with E-state index >= 15 is 0 Å². The maximum absolute atomic E-state index is 6.76. The predicted octanol–water partition coefficient (Wildman–Crippen LogP) is 17.2. The first-order valence-corrected chi connectivity index (χ1v) is 23.2. The first-order valence-electron chi connectivity index (χ1n) is 23.2. The molecule has 14 rings (SSSR count). The van der Waals surface area contributed by atoms with Crippen LogP contribution in [-0.2, 0) is 5.41 Å². The van der Waals surface area contributed by atoms with Crippen LogP contribution in [0.5, 0.6) is 0 Å². The van der Waals surface area contributed by atoms with Crippen molar-refractivity contribution in [2.24, 2.45) is 0 Å². The molecule has 316 valence electrons. The smallest absolute Gasteiger partial charge is 0.159 e. The van der Waals surface area contributed by atoms with Crippen molar-refractivity contribution >= 4 is 82.6 Å². The molecule has 4 heteroatoms. The minimum absolute atomic E-state index is 0.267. The zero-order chi connectivity index (χ0) is 44.4. The number of hydrogen-bond donors (Lipinski definition) is 0. The van der Waals surface area contributed by atoms with Crippen LogP contribution >= 0.6 is 0 Å². The van der Waals surface area contributed by atoms with Gasteiger partial charge in [-0.25, -0.2) is 0 Å². The van der Waals surface area contributed by atoms with Crippen molar-refractivity contribution < 1.29 is 4.42 Å². The van der Waals surface area contributed by atoms with Crippen LogP contribution in [0.3, 0.4) is 0 Å². The van der Waals surface area contributed by atoms with Crippen molar-refractivity contribution in [3.63, 3.8) is 0 Å². The molecule has 1 aliphatic carbocycles. The summed E-state index contributed by atoms with van der Waals surface area (Å²) in [5.41, 5.74) is 19.3. The molecule has 3 aromatic heterocycles. The highest BCUT2D eigenvalue weighted by Crippen LogP contribution is 2.52.